The van der Waals surface area contributed by atoms with E-state index in [2.05, 4.69) is 33.8 Å². The normalized spacial score (nSPS) is 16.1. The zero-order valence-corrected chi connectivity index (χ0v) is 22.9. The molecule has 0 spiro atoms. The van der Waals surface area contributed by atoms with E-state index in [1.165, 1.54) is 0 Å². The van der Waals surface area contributed by atoms with Crippen molar-refractivity contribution in [2.45, 2.75) is 38.9 Å². The lowest BCUT2D eigenvalue weighted by Gasteiger charge is -2.32. The molecule has 0 atom stereocenters. The molecular formula is C33H28BN3O3. The van der Waals surface area contributed by atoms with E-state index in [-0.39, 0.29) is 0 Å². The van der Waals surface area contributed by atoms with E-state index in [4.69, 9.17) is 28.7 Å². The first kappa shape index (κ1) is 24.7. The van der Waals surface area contributed by atoms with Crippen molar-refractivity contribution >= 4 is 34.5 Å². The minimum absolute atomic E-state index is 0.430. The van der Waals surface area contributed by atoms with Crippen molar-refractivity contribution in [3.63, 3.8) is 0 Å². The van der Waals surface area contributed by atoms with Crippen LogP contribution in [0.2, 0.25) is 0 Å². The Morgan fingerprint density at radius 3 is 1.95 bits per heavy atom. The molecule has 0 unspecified atom stereocenters. The van der Waals surface area contributed by atoms with E-state index in [0.717, 1.165) is 44.1 Å². The van der Waals surface area contributed by atoms with Gasteiger partial charge in [-0.1, -0.05) is 84.9 Å². The summed E-state index contributed by atoms with van der Waals surface area (Å²) < 4.78 is 18.8. The fourth-order valence-corrected chi connectivity index (χ4v) is 5.11. The van der Waals surface area contributed by atoms with Gasteiger partial charge in [-0.3, -0.25) is 0 Å². The summed E-state index contributed by atoms with van der Waals surface area (Å²) in [5, 5.41) is 2.01. The highest BCUT2D eigenvalue weighted by atomic mass is 16.7. The second-order valence-electron chi connectivity index (χ2n) is 11.2. The molecule has 7 heteroatoms. The summed E-state index contributed by atoms with van der Waals surface area (Å²) in [7, 11) is -0.481. The fraction of sp³-hybridized carbons (Fsp3) is 0.182. The van der Waals surface area contributed by atoms with Gasteiger partial charge < -0.3 is 13.7 Å². The molecule has 1 saturated heterocycles. The van der Waals surface area contributed by atoms with Crippen molar-refractivity contribution in [3.05, 3.63) is 97.1 Å². The molecule has 2 aromatic heterocycles. The number of nitrogens with zero attached hydrogens (tertiary/aromatic N) is 3. The fourth-order valence-electron chi connectivity index (χ4n) is 5.11. The second kappa shape index (κ2) is 9.12. The topological polar surface area (TPSA) is 70.3 Å². The van der Waals surface area contributed by atoms with Gasteiger partial charge in [-0.2, -0.15) is 0 Å². The Labute approximate surface area is 233 Å². The van der Waals surface area contributed by atoms with Crippen LogP contribution >= 0.6 is 0 Å². The maximum Gasteiger partial charge on any atom is 0.494 e. The molecule has 1 aliphatic rings. The molecule has 0 saturated carbocycles. The Bertz CT molecular complexity index is 1870. The molecule has 6 nitrogen and oxygen atoms in total. The first-order valence-electron chi connectivity index (χ1n) is 13.5. The van der Waals surface area contributed by atoms with Crippen molar-refractivity contribution in [3.8, 4) is 34.2 Å². The van der Waals surface area contributed by atoms with Crippen LogP contribution in [0.5, 0.6) is 0 Å². The Kier molecular flexibility index (Phi) is 5.63. The predicted octanol–water partition coefficient (Wildman–Crippen LogP) is 7.07. The molecule has 40 heavy (non-hydrogen) atoms. The summed E-state index contributed by atoms with van der Waals surface area (Å²) in [4.78, 5) is 14.9. The van der Waals surface area contributed by atoms with Gasteiger partial charge in [0, 0.05) is 27.5 Å². The summed E-state index contributed by atoms with van der Waals surface area (Å²) in [6.45, 7) is 8.23. The van der Waals surface area contributed by atoms with Crippen LogP contribution in [-0.4, -0.2) is 33.3 Å². The van der Waals surface area contributed by atoms with Gasteiger partial charge >= 0.3 is 7.12 Å². The zero-order valence-electron chi connectivity index (χ0n) is 22.9. The van der Waals surface area contributed by atoms with E-state index in [1.807, 2.05) is 91.0 Å². The quantitative estimate of drug-likeness (QED) is 0.229. The van der Waals surface area contributed by atoms with Gasteiger partial charge in [0.05, 0.1) is 11.2 Å². The van der Waals surface area contributed by atoms with Crippen LogP contribution in [0.15, 0.2) is 101 Å². The SMILES string of the molecule is CC1(C)OB(c2cccc(-c3nc(-c4ccccc4)nc(-c4cccc5oc6ccccc6c45)n3)c2)OC1(C)C. The van der Waals surface area contributed by atoms with Crippen LogP contribution in [-0.2, 0) is 9.31 Å². The van der Waals surface area contributed by atoms with Crippen molar-refractivity contribution in [1.82, 2.24) is 15.0 Å². The minimum atomic E-state index is -0.481. The maximum atomic E-state index is 6.32. The van der Waals surface area contributed by atoms with Gasteiger partial charge in [0.2, 0.25) is 0 Å². The summed E-state index contributed by atoms with van der Waals surface area (Å²) >= 11 is 0. The average molecular weight is 525 g/mol. The third-order valence-electron chi connectivity index (χ3n) is 7.98. The van der Waals surface area contributed by atoms with Crippen molar-refractivity contribution in [1.29, 1.82) is 0 Å². The molecule has 0 aliphatic carbocycles. The molecule has 4 aromatic carbocycles. The van der Waals surface area contributed by atoms with Gasteiger partial charge in [0.25, 0.3) is 0 Å². The smallest absolute Gasteiger partial charge is 0.456 e. The molecule has 1 fully saturated rings. The van der Waals surface area contributed by atoms with Crippen LogP contribution in [0.1, 0.15) is 27.7 Å². The Morgan fingerprint density at radius 1 is 0.575 bits per heavy atom. The molecule has 3 heterocycles. The molecule has 1 aliphatic heterocycles. The minimum Gasteiger partial charge on any atom is -0.456 e. The number of furan rings is 1. The number of benzene rings is 4. The largest absolute Gasteiger partial charge is 0.494 e. The van der Waals surface area contributed by atoms with Crippen molar-refractivity contribution < 1.29 is 13.7 Å². The lowest BCUT2D eigenvalue weighted by atomic mass is 9.78. The van der Waals surface area contributed by atoms with E-state index in [1.54, 1.807) is 0 Å². The number of rotatable bonds is 4. The highest BCUT2D eigenvalue weighted by Gasteiger charge is 2.51. The van der Waals surface area contributed by atoms with E-state index in [9.17, 15) is 0 Å². The van der Waals surface area contributed by atoms with Crippen LogP contribution < -0.4 is 5.46 Å². The third-order valence-corrected chi connectivity index (χ3v) is 7.98. The summed E-state index contributed by atoms with van der Waals surface area (Å²) in [6, 6.07) is 32.1. The molecular weight excluding hydrogens is 497 g/mol. The Morgan fingerprint density at radius 2 is 1.18 bits per heavy atom. The van der Waals surface area contributed by atoms with Gasteiger partial charge in [-0.15, -0.1) is 0 Å². The molecule has 0 radical (unpaired) electrons. The van der Waals surface area contributed by atoms with E-state index >= 15 is 0 Å². The van der Waals surface area contributed by atoms with Crippen LogP contribution in [0, 0.1) is 0 Å². The average Bonchev–Trinajstić information content (AvgIpc) is 3.46. The maximum absolute atomic E-state index is 6.32. The lowest BCUT2D eigenvalue weighted by Crippen LogP contribution is -2.41. The molecule has 6 aromatic rings. The Balaban J connectivity index is 1.40. The van der Waals surface area contributed by atoms with Gasteiger partial charge in [-0.05, 0) is 45.3 Å². The summed E-state index contributed by atoms with van der Waals surface area (Å²) in [5.74, 6) is 1.76. The Hall–Kier alpha value is -4.33. The first-order chi connectivity index (χ1) is 19.3. The number of hydrogen-bond acceptors (Lipinski definition) is 6. The molecule has 0 bridgehead atoms. The molecule has 0 N–H and O–H groups in total. The van der Waals surface area contributed by atoms with E-state index < -0.39 is 18.3 Å². The monoisotopic (exact) mass is 525 g/mol. The van der Waals surface area contributed by atoms with Crippen LogP contribution in [0.4, 0.5) is 0 Å². The van der Waals surface area contributed by atoms with E-state index in [0.29, 0.717) is 17.5 Å². The predicted molar refractivity (Wildman–Crippen MR) is 159 cm³/mol. The third kappa shape index (κ3) is 4.10. The van der Waals surface area contributed by atoms with Gasteiger partial charge in [0.1, 0.15) is 11.2 Å². The second-order valence-corrected chi connectivity index (χ2v) is 11.2. The van der Waals surface area contributed by atoms with Crippen LogP contribution in [0.25, 0.3) is 56.1 Å². The van der Waals surface area contributed by atoms with Gasteiger partial charge in [-0.25, -0.2) is 15.0 Å². The highest BCUT2D eigenvalue weighted by molar-refractivity contribution is 6.62. The van der Waals surface area contributed by atoms with Crippen molar-refractivity contribution in [2.75, 3.05) is 0 Å². The van der Waals surface area contributed by atoms with Crippen molar-refractivity contribution in [2.24, 2.45) is 0 Å². The van der Waals surface area contributed by atoms with Gasteiger partial charge in [0.15, 0.2) is 17.5 Å². The number of fused-ring (bicyclic) bond motifs is 3. The molecule has 7 rings (SSSR count). The number of hydrogen-bond donors (Lipinski definition) is 0. The van der Waals surface area contributed by atoms with Crippen LogP contribution in [0.3, 0.4) is 0 Å². The lowest BCUT2D eigenvalue weighted by molar-refractivity contribution is 0.00578. The summed E-state index contributed by atoms with van der Waals surface area (Å²) in [5.41, 5.74) is 4.35. The number of aromatic nitrogens is 3. The zero-order chi connectivity index (χ0) is 27.5. The molecule has 196 valence electrons. The standard InChI is InChI=1S/C33H28BN3O3/c1-32(2)33(3,4)40-34(39-32)23-15-10-14-22(20-23)30-35-29(21-12-6-5-7-13-21)36-31(37-30)25-17-11-19-27-28(25)24-16-8-9-18-26(24)38-27/h5-20H,1-4H3. The summed E-state index contributed by atoms with van der Waals surface area (Å²) in [6.07, 6.45) is 0. The highest BCUT2D eigenvalue weighted by Crippen LogP contribution is 2.38. The first-order valence-corrected chi connectivity index (χ1v) is 13.5. The molecule has 0 amide bonds. The number of para-hydroxylation sites is 1.